The molecule has 1 rings (SSSR count). The van der Waals surface area contributed by atoms with E-state index in [9.17, 15) is 4.57 Å². The molecule has 2 N–H and O–H groups in total. The first-order valence-corrected chi connectivity index (χ1v) is 5.43. The third-order valence-corrected chi connectivity index (χ3v) is 1.79. The number of allylic oxidation sites excluding steroid dienone is 5. The van der Waals surface area contributed by atoms with E-state index in [4.69, 9.17) is 15.3 Å². The number of nitrogens with zero attached hydrogens (tertiary/aromatic N) is 2. The number of hydrogen-bond acceptors (Lipinski definition) is 1. The molecule has 5 nitrogen and oxygen atoms in total. The van der Waals surface area contributed by atoms with Crippen LogP contribution in [0.4, 0.5) is 0 Å². The summed E-state index contributed by atoms with van der Waals surface area (Å²) in [6, 6.07) is 0. The van der Waals surface area contributed by atoms with Crippen LogP contribution in [0.25, 0.3) is 5.53 Å². The molecular formula is C8H11N2O3P. The quantitative estimate of drug-likeness (QED) is 0.393. The van der Waals surface area contributed by atoms with E-state index in [0.717, 1.165) is 5.82 Å². The highest BCUT2D eigenvalue weighted by Crippen LogP contribution is 2.35. The van der Waals surface area contributed by atoms with E-state index in [-0.39, 0.29) is 0 Å². The highest BCUT2D eigenvalue weighted by atomic mass is 31.2. The van der Waals surface area contributed by atoms with Gasteiger partial charge >= 0.3 is 13.3 Å². The molecule has 0 spiro atoms. The highest BCUT2D eigenvalue weighted by molar-refractivity contribution is 7.55. The largest absolute Gasteiger partial charge is 0.361 e. The molecule has 0 atom stereocenters. The number of hydrogen-bond donors (Lipinski definition) is 2. The summed E-state index contributed by atoms with van der Waals surface area (Å²) in [5, 5.41) is 0. The van der Waals surface area contributed by atoms with Crippen LogP contribution in [0.1, 0.15) is 6.92 Å². The second kappa shape index (κ2) is 6.24. The maximum absolute atomic E-state index is 9.84. The highest BCUT2D eigenvalue weighted by Gasteiger charge is 2.02. The summed E-state index contributed by atoms with van der Waals surface area (Å²) in [7, 11) is -3.85. The van der Waals surface area contributed by atoms with Crippen molar-refractivity contribution in [1.29, 1.82) is 0 Å². The summed E-state index contributed by atoms with van der Waals surface area (Å²) in [6.07, 6.45) is 8.39. The van der Waals surface area contributed by atoms with Crippen molar-refractivity contribution in [3.8, 4) is 0 Å². The van der Waals surface area contributed by atoms with Gasteiger partial charge in [-0.15, -0.1) is 0 Å². The molecule has 0 radical (unpaired) electrons. The minimum atomic E-state index is -3.85. The van der Waals surface area contributed by atoms with E-state index >= 15 is 0 Å². The van der Waals surface area contributed by atoms with Gasteiger partial charge in [-0.1, -0.05) is 18.2 Å². The molecule has 0 aromatic rings. The molecule has 6 heteroatoms. The predicted octanol–water partition coefficient (Wildman–Crippen LogP) is 1.48. The van der Waals surface area contributed by atoms with Gasteiger partial charge in [-0.2, -0.15) is 4.79 Å². The zero-order valence-corrected chi connectivity index (χ0v) is 8.50. The maximum atomic E-state index is 9.84. The topological polar surface area (TPSA) is 93.9 Å². The lowest BCUT2D eigenvalue weighted by atomic mass is 10.4. The van der Waals surface area contributed by atoms with Crippen LogP contribution in [0.3, 0.4) is 0 Å². The van der Waals surface area contributed by atoms with Crippen molar-refractivity contribution in [1.82, 2.24) is 0 Å². The van der Waals surface area contributed by atoms with Crippen molar-refractivity contribution in [2.75, 3.05) is 0 Å². The number of rotatable bonds is 1. The van der Waals surface area contributed by atoms with E-state index in [0.29, 0.717) is 5.71 Å². The second-order valence-corrected chi connectivity index (χ2v) is 3.79. The Hall–Kier alpha value is -1.25. The summed E-state index contributed by atoms with van der Waals surface area (Å²) >= 11 is 0. The molecule has 0 fully saturated rings. The molecule has 0 aromatic heterocycles. The first-order chi connectivity index (χ1) is 6.49. The van der Waals surface area contributed by atoms with Gasteiger partial charge in [0.25, 0.3) is 0 Å². The zero-order chi connectivity index (χ0) is 11.0. The van der Waals surface area contributed by atoms with Crippen LogP contribution < -0.4 is 0 Å². The van der Waals surface area contributed by atoms with Crippen LogP contribution in [-0.4, -0.2) is 20.3 Å². The Morgan fingerprint density at radius 3 is 2.07 bits per heavy atom. The van der Waals surface area contributed by atoms with Crippen molar-refractivity contribution < 1.29 is 19.1 Å². The van der Waals surface area contributed by atoms with Gasteiger partial charge in [0.15, 0.2) is 0 Å². The Morgan fingerprint density at radius 2 is 1.93 bits per heavy atom. The summed E-state index contributed by atoms with van der Waals surface area (Å²) < 4.78 is 9.84. The van der Waals surface area contributed by atoms with Crippen LogP contribution in [0, 0.1) is 0 Å². The van der Waals surface area contributed by atoms with Crippen LogP contribution in [0.2, 0.25) is 0 Å². The lowest BCUT2D eigenvalue weighted by Crippen LogP contribution is -1.80. The van der Waals surface area contributed by atoms with Crippen LogP contribution in [0.15, 0.2) is 36.2 Å². The molecule has 0 aromatic carbocycles. The molecule has 0 saturated heterocycles. The molecule has 0 bridgehead atoms. The van der Waals surface area contributed by atoms with Gasteiger partial charge in [-0.25, -0.2) is 0 Å². The monoisotopic (exact) mass is 214 g/mol. The average Bonchev–Trinajstić information content (AvgIpc) is 2.54. The fourth-order valence-corrected chi connectivity index (χ4v) is 1.01. The first kappa shape index (κ1) is 12.8. The van der Waals surface area contributed by atoms with Gasteiger partial charge in [-0.05, 0) is 6.92 Å². The third kappa shape index (κ3) is 7.40. The average molecular weight is 214 g/mol. The van der Waals surface area contributed by atoms with Crippen molar-refractivity contribution in [3.63, 3.8) is 0 Å². The molecule has 1 aliphatic rings. The van der Waals surface area contributed by atoms with Gasteiger partial charge < -0.3 is 15.3 Å². The minimum absolute atomic E-state index is 0.611. The molecule has 0 heterocycles. The summed E-state index contributed by atoms with van der Waals surface area (Å²) in [6.45, 7) is 1.55. The summed E-state index contributed by atoms with van der Waals surface area (Å²) in [5.41, 5.74) is 8.66. The fraction of sp³-hybridized carbons (Fsp3) is 0.125. The van der Waals surface area contributed by atoms with Crippen molar-refractivity contribution in [2.45, 2.75) is 6.92 Å². The van der Waals surface area contributed by atoms with Gasteiger partial charge in [-0.3, -0.25) is 4.57 Å². The molecule has 0 saturated carbocycles. The van der Waals surface area contributed by atoms with Gasteiger partial charge in [0.1, 0.15) is 0 Å². The first-order valence-electron chi connectivity index (χ1n) is 3.75. The Morgan fingerprint density at radius 1 is 1.43 bits per heavy atom. The lowest BCUT2D eigenvalue weighted by Gasteiger charge is -1.89. The molecular weight excluding hydrogens is 203 g/mol. The maximum Gasteiger partial charge on any atom is 0.348 e. The van der Waals surface area contributed by atoms with E-state index < -0.39 is 7.60 Å². The lowest BCUT2D eigenvalue weighted by molar-refractivity contribution is -0.00130. The van der Waals surface area contributed by atoms with Crippen molar-refractivity contribution in [2.24, 2.45) is 0 Å². The van der Waals surface area contributed by atoms with E-state index in [2.05, 4.69) is 4.79 Å². The fourth-order valence-electron chi connectivity index (χ4n) is 0.625. The minimum Gasteiger partial charge on any atom is -0.361 e. The Kier molecular flexibility index (Phi) is 5.68. The van der Waals surface area contributed by atoms with Crippen LogP contribution >= 0.6 is 7.60 Å². The zero-order valence-electron chi connectivity index (χ0n) is 7.61. The van der Waals surface area contributed by atoms with Gasteiger partial charge in [0.05, 0.1) is 0 Å². The normalized spacial score (nSPS) is 14.1. The van der Waals surface area contributed by atoms with E-state index in [1.165, 1.54) is 6.08 Å². The van der Waals surface area contributed by atoms with Crippen LogP contribution in [0.5, 0.6) is 0 Å². The second-order valence-electron chi connectivity index (χ2n) is 2.31. The van der Waals surface area contributed by atoms with E-state index in [1.807, 2.05) is 12.2 Å². The molecule has 0 unspecified atom stereocenters. The Labute approximate surface area is 81.9 Å². The SMILES string of the molecule is C/C=C\P(=O)(O)O.[N-]=[N+]=C1C=CC=C1. The van der Waals surface area contributed by atoms with Crippen molar-refractivity contribution in [3.05, 3.63) is 41.7 Å². The van der Waals surface area contributed by atoms with E-state index in [1.54, 1.807) is 19.1 Å². The smallest absolute Gasteiger partial charge is 0.348 e. The van der Waals surface area contributed by atoms with Crippen molar-refractivity contribution >= 4 is 13.3 Å². The Balaban J connectivity index is 0.000000241. The summed E-state index contributed by atoms with van der Waals surface area (Å²) in [4.78, 5) is 19.0. The van der Waals surface area contributed by atoms with Crippen LogP contribution in [-0.2, 0) is 4.57 Å². The third-order valence-electron chi connectivity index (χ3n) is 1.10. The molecule has 76 valence electrons. The van der Waals surface area contributed by atoms with Gasteiger partial charge in [0.2, 0.25) is 0 Å². The van der Waals surface area contributed by atoms with Gasteiger partial charge in [0, 0.05) is 18.0 Å². The summed E-state index contributed by atoms with van der Waals surface area (Å²) in [5.74, 6) is 0.854. The molecule has 0 amide bonds. The molecule has 0 aliphatic heterocycles. The Bertz CT molecular complexity index is 345. The molecule has 1 aliphatic carbocycles. The molecule has 14 heavy (non-hydrogen) atoms. The standard InChI is InChI=1S/C5H4N2.C3H7O3P/c6-7-5-3-1-2-4-5;1-2-3-7(4,5)6/h1-4H;2-3H,1H3,(H2,4,5,6)/b;3-2-. The predicted molar refractivity (Wildman–Crippen MR) is 53.8 cm³/mol.